The average Bonchev–Trinajstić information content (AvgIpc) is 2.41. The van der Waals surface area contributed by atoms with Crippen LogP contribution in [0.15, 0.2) is 0 Å². The van der Waals surface area contributed by atoms with Crippen LogP contribution in [0.5, 0.6) is 0 Å². The highest BCUT2D eigenvalue weighted by atomic mass is 16.2. The second kappa shape index (κ2) is 6.68. The summed E-state index contributed by atoms with van der Waals surface area (Å²) in [5.41, 5.74) is 5.66. The zero-order valence-electron chi connectivity index (χ0n) is 12.3. The summed E-state index contributed by atoms with van der Waals surface area (Å²) in [5.74, 6) is 0.0921. The fourth-order valence-electron chi connectivity index (χ4n) is 3.11. The summed E-state index contributed by atoms with van der Waals surface area (Å²) in [6.45, 7) is 7.79. The van der Waals surface area contributed by atoms with E-state index in [1.54, 1.807) is 6.92 Å². The Bertz CT molecular complexity index is 300. The zero-order valence-corrected chi connectivity index (χ0v) is 12.3. The monoisotopic (exact) mass is 268 g/mol. The van der Waals surface area contributed by atoms with E-state index >= 15 is 0 Å². The van der Waals surface area contributed by atoms with Gasteiger partial charge in [-0.25, -0.2) is 0 Å². The highest BCUT2D eigenvalue weighted by Crippen LogP contribution is 2.16. The molecule has 19 heavy (non-hydrogen) atoms. The summed E-state index contributed by atoms with van der Waals surface area (Å²) in [4.78, 5) is 18.7. The van der Waals surface area contributed by atoms with Gasteiger partial charge in [-0.15, -0.1) is 0 Å². The Morgan fingerprint density at radius 2 is 1.89 bits per heavy atom. The molecule has 110 valence electrons. The van der Waals surface area contributed by atoms with Gasteiger partial charge in [0.2, 0.25) is 5.91 Å². The van der Waals surface area contributed by atoms with Gasteiger partial charge in [0.05, 0.1) is 6.04 Å². The van der Waals surface area contributed by atoms with E-state index < -0.39 is 0 Å². The molecule has 1 amide bonds. The van der Waals surface area contributed by atoms with Crippen LogP contribution in [-0.4, -0.2) is 79.0 Å². The topological polar surface area (TPSA) is 52.8 Å². The number of likely N-dealkylation sites (N-methyl/N-ethyl adjacent to an activating group) is 1. The van der Waals surface area contributed by atoms with Gasteiger partial charge in [-0.05, 0) is 33.4 Å². The first kappa shape index (κ1) is 14.8. The highest BCUT2D eigenvalue weighted by molar-refractivity contribution is 5.81. The largest absolute Gasteiger partial charge is 0.339 e. The molecule has 0 spiro atoms. The predicted octanol–water partition coefficient (Wildman–Crippen LogP) is -0.0379. The minimum absolute atomic E-state index is 0.0921. The number of piperazine rings is 1. The maximum Gasteiger partial charge on any atom is 0.239 e. The highest BCUT2D eigenvalue weighted by Gasteiger charge is 2.26. The zero-order chi connectivity index (χ0) is 13.8. The van der Waals surface area contributed by atoms with Crippen molar-refractivity contribution in [2.45, 2.75) is 38.3 Å². The third-order valence-corrected chi connectivity index (χ3v) is 4.46. The van der Waals surface area contributed by atoms with E-state index in [1.165, 1.54) is 25.8 Å². The Kier molecular flexibility index (Phi) is 5.19. The van der Waals surface area contributed by atoms with Crippen LogP contribution >= 0.6 is 0 Å². The lowest BCUT2D eigenvalue weighted by molar-refractivity contribution is -0.134. The van der Waals surface area contributed by atoms with Gasteiger partial charge in [-0.3, -0.25) is 9.69 Å². The Hall–Kier alpha value is -0.650. The van der Waals surface area contributed by atoms with Gasteiger partial charge in [-0.1, -0.05) is 6.42 Å². The number of piperidine rings is 1. The lowest BCUT2D eigenvalue weighted by Crippen LogP contribution is -2.55. The van der Waals surface area contributed by atoms with Crippen molar-refractivity contribution in [2.75, 3.05) is 46.3 Å². The van der Waals surface area contributed by atoms with E-state index in [1.807, 2.05) is 4.90 Å². The minimum Gasteiger partial charge on any atom is -0.339 e. The summed E-state index contributed by atoms with van der Waals surface area (Å²) in [5, 5.41) is 0. The number of nitrogens with two attached hydrogens (primary N) is 1. The first-order valence-corrected chi connectivity index (χ1v) is 7.55. The van der Waals surface area contributed by atoms with E-state index in [0.717, 1.165) is 32.7 Å². The smallest absolute Gasteiger partial charge is 0.239 e. The molecule has 0 saturated carbocycles. The average molecular weight is 268 g/mol. The Morgan fingerprint density at radius 1 is 1.21 bits per heavy atom. The Labute approximate surface area is 116 Å². The molecule has 2 heterocycles. The molecule has 5 heteroatoms. The fraction of sp³-hybridized carbons (Fsp3) is 0.929. The van der Waals surface area contributed by atoms with Gasteiger partial charge < -0.3 is 15.5 Å². The van der Waals surface area contributed by atoms with Crippen LogP contribution in [0, 0.1) is 0 Å². The third-order valence-electron chi connectivity index (χ3n) is 4.46. The Morgan fingerprint density at radius 3 is 2.47 bits per heavy atom. The molecule has 2 atom stereocenters. The van der Waals surface area contributed by atoms with Gasteiger partial charge in [0.1, 0.15) is 0 Å². The van der Waals surface area contributed by atoms with E-state index in [4.69, 9.17) is 5.73 Å². The van der Waals surface area contributed by atoms with Crippen LogP contribution in [0.1, 0.15) is 26.2 Å². The summed E-state index contributed by atoms with van der Waals surface area (Å²) in [6, 6.07) is 0.334. The van der Waals surface area contributed by atoms with E-state index in [-0.39, 0.29) is 11.9 Å². The number of rotatable bonds is 3. The second-order valence-electron chi connectivity index (χ2n) is 6.04. The molecule has 0 aromatic heterocycles. The molecule has 0 aromatic carbocycles. The van der Waals surface area contributed by atoms with Crippen molar-refractivity contribution in [3.8, 4) is 0 Å². The van der Waals surface area contributed by atoms with Crippen LogP contribution < -0.4 is 5.73 Å². The van der Waals surface area contributed by atoms with E-state index in [2.05, 4.69) is 16.8 Å². The van der Waals surface area contributed by atoms with Gasteiger partial charge in [0.25, 0.3) is 0 Å². The summed E-state index contributed by atoms with van der Waals surface area (Å²) in [6.07, 6.45) is 4.01. The van der Waals surface area contributed by atoms with Crippen molar-refractivity contribution in [1.82, 2.24) is 14.7 Å². The molecule has 0 bridgehead atoms. The third kappa shape index (κ3) is 3.91. The summed E-state index contributed by atoms with van der Waals surface area (Å²) in [7, 11) is 2.24. The quantitative estimate of drug-likeness (QED) is 0.780. The molecule has 0 aliphatic carbocycles. The van der Waals surface area contributed by atoms with Crippen LogP contribution in [0.4, 0.5) is 0 Å². The summed E-state index contributed by atoms with van der Waals surface area (Å²) < 4.78 is 0. The molecule has 2 rings (SSSR count). The lowest BCUT2D eigenvalue weighted by Gasteiger charge is -2.40. The first-order chi connectivity index (χ1) is 9.08. The molecule has 2 saturated heterocycles. The number of likely N-dealkylation sites (tertiary alicyclic amines) is 1. The number of carbonyl (C=O) groups is 1. The van der Waals surface area contributed by atoms with Gasteiger partial charge in [-0.2, -0.15) is 0 Å². The molecule has 2 aliphatic heterocycles. The Balaban J connectivity index is 1.75. The number of hydrogen-bond acceptors (Lipinski definition) is 4. The van der Waals surface area contributed by atoms with Gasteiger partial charge >= 0.3 is 0 Å². The number of carbonyl (C=O) groups excluding carboxylic acids is 1. The van der Waals surface area contributed by atoms with Crippen LogP contribution in [0.3, 0.4) is 0 Å². The van der Waals surface area contributed by atoms with Crippen LogP contribution in [0.25, 0.3) is 0 Å². The molecule has 2 fully saturated rings. The summed E-state index contributed by atoms with van der Waals surface area (Å²) >= 11 is 0. The molecule has 2 aliphatic rings. The SMILES string of the molecule is CC(N)C(=O)N1CCN(CC2CCCCN2C)CC1. The molecule has 0 aromatic rings. The first-order valence-electron chi connectivity index (χ1n) is 7.55. The van der Waals surface area contributed by atoms with Crippen LogP contribution in [-0.2, 0) is 4.79 Å². The molecule has 0 radical (unpaired) electrons. The lowest BCUT2D eigenvalue weighted by atomic mass is 10.0. The molecule has 5 nitrogen and oxygen atoms in total. The number of nitrogens with zero attached hydrogens (tertiary/aromatic N) is 3. The molecular formula is C14H28N4O. The number of hydrogen-bond donors (Lipinski definition) is 1. The van der Waals surface area contributed by atoms with Gasteiger partial charge in [0.15, 0.2) is 0 Å². The van der Waals surface area contributed by atoms with Gasteiger partial charge in [0, 0.05) is 38.8 Å². The number of amides is 1. The molecular weight excluding hydrogens is 240 g/mol. The van der Waals surface area contributed by atoms with Crippen molar-refractivity contribution in [3.63, 3.8) is 0 Å². The minimum atomic E-state index is -0.365. The van der Waals surface area contributed by atoms with Crippen molar-refractivity contribution in [1.29, 1.82) is 0 Å². The van der Waals surface area contributed by atoms with Crippen molar-refractivity contribution < 1.29 is 4.79 Å². The maximum atomic E-state index is 11.8. The normalized spacial score (nSPS) is 28.4. The van der Waals surface area contributed by atoms with Crippen molar-refractivity contribution in [2.24, 2.45) is 5.73 Å². The molecule has 2 N–H and O–H groups in total. The second-order valence-corrected chi connectivity index (χ2v) is 6.04. The molecule has 2 unspecified atom stereocenters. The fourth-order valence-corrected chi connectivity index (χ4v) is 3.11. The van der Waals surface area contributed by atoms with E-state index in [9.17, 15) is 4.79 Å². The van der Waals surface area contributed by atoms with E-state index in [0.29, 0.717) is 6.04 Å². The van der Waals surface area contributed by atoms with Crippen molar-refractivity contribution in [3.05, 3.63) is 0 Å². The maximum absolute atomic E-state index is 11.8. The van der Waals surface area contributed by atoms with Crippen molar-refractivity contribution >= 4 is 5.91 Å². The predicted molar refractivity (Wildman–Crippen MR) is 76.9 cm³/mol. The van der Waals surface area contributed by atoms with Crippen LogP contribution in [0.2, 0.25) is 0 Å². The standard InChI is InChI=1S/C14H28N4O/c1-12(15)14(19)18-9-7-17(8-10-18)11-13-5-3-4-6-16(13)2/h12-13H,3-11,15H2,1-2H3.